The van der Waals surface area contributed by atoms with Crippen molar-refractivity contribution >= 4 is 11.6 Å². The van der Waals surface area contributed by atoms with Crippen LogP contribution < -0.4 is 10.1 Å². The highest BCUT2D eigenvalue weighted by Gasteiger charge is 2.30. The molecule has 0 saturated carbocycles. The second-order valence-corrected chi connectivity index (χ2v) is 6.41. The zero-order valence-electron chi connectivity index (χ0n) is 15.5. The highest BCUT2D eigenvalue weighted by atomic mass is 19.4. The second kappa shape index (κ2) is 8.26. The molecule has 1 amide bonds. The van der Waals surface area contributed by atoms with Gasteiger partial charge in [0.15, 0.2) is 0 Å². The molecule has 0 aliphatic rings. The van der Waals surface area contributed by atoms with E-state index in [0.29, 0.717) is 6.42 Å². The van der Waals surface area contributed by atoms with Crippen molar-refractivity contribution < 1.29 is 27.8 Å². The van der Waals surface area contributed by atoms with E-state index in [-0.39, 0.29) is 17.0 Å². The summed E-state index contributed by atoms with van der Waals surface area (Å²) < 4.78 is 43.6. The molecule has 29 heavy (non-hydrogen) atoms. The molecule has 0 aliphatic carbocycles. The number of hydrogen-bond acceptors (Lipinski definition) is 3. The first-order chi connectivity index (χ1) is 13.8. The van der Waals surface area contributed by atoms with Gasteiger partial charge in [-0.15, -0.1) is 0 Å². The number of amides is 1. The maximum absolute atomic E-state index is 12.8. The van der Waals surface area contributed by atoms with E-state index in [0.717, 1.165) is 29.0 Å². The Bertz CT molecular complexity index is 1010. The summed E-state index contributed by atoms with van der Waals surface area (Å²) in [6.45, 7) is 0. The van der Waals surface area contributed by atoms with E-state index in [1.165, 1.54) is 24.3 Å². The zero-order valence-corrected chi connectivity index (χ0v) is 15.5. The molecular formula is C22H18F3NO3. The summed E-state index contributed by atoms with van der Waals surface area (Å²) in [6, 6.07) is 16.3. The molecule has 0 fully saturated rings. The van der Waals surface area contributed by atoms with Gasteiger partial charge >= 0.3 is 6.18 Å². The molecule has 0 aromatic heterocycles. The van der Waals surface area contributed by atoms with Crippen LogP contribution in [0.5, 0.6) is 11.5 Å². The van der Waals surface area contributed by atoms with Gasteiger partial charge in [0, 0.05) is 5.69 Å². The van der Waals surface area contributed by atoms with Crippen molar-refractivity contribution in [3.8, 4) is 11.5 Å². The van der Waals surface area contributed by atoms with Gasteiger partial charge in [0.2, 0.25) is 0 Å². The number of phenolic OH excluding ortho intramolecular Hbond substituents is 1. The molecule has 3 aromatic carbocycles. The summed E-state index contributed by atoms with van der Waals surface area (Å²) in [5, 5.41) is 12.4. The van der Waals surface area contributed by atoms with Crippen molar-refractivity contribution in [2.75, 3.05) is 12.4 Å². The number of alkyl halides is 3. The van der Waals surface area contributed by atoms with Crippen LogP contribution in [0.25, 0.3) is 0 Å². The average Bonchev–Trinajstić information content (AvgIpc) is 2.69. The van der Waals surface area contributed by atoms with Crippen molar-refractivity contribution in [3.63, 3.8) is 0 Å². The van der Waals surface area contributed by atoms with Gasteiger partial charge in [-0.3, -0.25) is 4.79 Å². The minimum atomic E-state index is -4.51. The standard InChI is InChI=1S/C22H18F3NO3/c1-29-18-8-5-14(6-9-18)11-15-7-10-20(27)19(12-15)21(28)26-17-4-2-3-16(13-17)22(23,24)25/h2-10,12-13,27H,11H2,1H3,(H,26,28). The Kier molecular flexibility index (Phi) is 5.77. The van der Waals surface area contributed by atoms with Crippen molar-refractivity contribution in [1.29, 1.82) is 0 Å². The Hall–Kier alpha value is -3.48. The molecule has 7 heteroatoms. The van der Waals surface area contributed by atoms with E-state index < -0.39 is 17.6 Å². The van der Waals surface area contributed by atoms with Gasteiger partial charge < -0.3 is 15.2 Å². The number of benzene rings is 3. The third-order valence-electron chi connectivity index (χ3n) is 4.32. The molecule has 3 rings (SSSR count). The maximum atomic E-state index is 12.8. The number of methoxy groups -OCH3 is 1. The van der Waals surface area contributed by atoms with Crippen molar-refractivity contribution in [3.05, 3.63) is 89.0 Å². The van der Waals surface area contributed by atoms with E-state index in [9.17, 15) is 23.1 Å². The normalized spacial score (nSPS) is 11.2. The number of aromatic hydroxyl groups is 1. The molecule has 3 aromatic rings. The van der Waals surface area contributed by atoms with Crippen LogP contribution in [0.1, 0.15) is 27.0 Å². The largest absolute Gasteiger partial charge is 0.507 e. The number of carbonyl (C=O) groups is 1. The first kappa shape index (κ1) is 20.3. The summed E-state index contributed by atoms with van der Waals surface area (Å²) in [4.78, 5) is 12.5. The predicted molar refractivity (Wildman–Crippen MR) is 103 cm³/mol. The zero-order chi connectivity index (χ0) is 21.0. The molecule has 150 valence electrons. The molecule has 0 saturated heterocycles. The van der Waals surface area contributed by atoms with Crippen LogP contribution >= 0.6 is 0 Å². The predicted octanol–water partition coefficient (Wildman–Crippen LogP) is 5.26. The summed E-state index contributed by atoms with van der Waals surface area (Å²) >= 11 is 0. The van der Waals surface area contributed by atoms with Gasteiger partial charge in [0.25, 0.3) is 5.91 Å². The highest BCUT2D eigenvalue weighted by molar-refractivity contribution is 6.06. The monoisotopic (exact) mass is 401 g/mol. The fourth-order valence-corrected chi connectivity index (χ4v) is 2.83. The van der Waals surface area contributed by atoms with E-state index in [2.05, 4.69) is 5.32 Å². The van der Waals surface area contributed by atoms with Gasteiger partial charge in [-0.1, -0.05) is 24.3 Å². The minimum Gasteiger partial charge on any atom is -0.507 e. The van der Waals surface area contributed by atoms with Crippen molar-refractivity contribution in [2.45, 2.75) is 12.6 Å². The number of nitrogens with one attached hydrogen (secondary N) is 1. The summed E-state index contributed by atoms with van der Waals surface area (Å²) in [5.41, 5.74) is 0.842. The highest BCUT2D eigenvalue weighted by Crippen LogP contribution is 2.31. The fraction of sp³-hybridized carbons (Fsp3) is 0.136. The number of phenols is 1. The minimum absolute atomic E-state index is 0.00946. The van der Waals surface area contributed by atoms with Crippen molar-refractivity contribution in [2.24, 2.45) is 0 Å². The summed E-state index contributed by atoms with van der Waals surface area (Å²) in [7, 11) is 1.57. The second-order valence-electron chi connectivity index (χ2n) is 6.41. The Labute approximate surface area is 165 Å². The first-order valence-corrected chi connectivity index (χ1v) is 8.69. The van der Waals surface area contributed by atoms with Crippen LogP contribution in [0.15, 0.2) is 66.7 Å². The van der Waals surface area contributed by atoms with Gasteiger partial charge in [0.05, 0.1) is 18.2 Å². The molecule has 0 heterocycles. The Morgan fingerprint density at radius 3 is 2.34 bits per heavy atom. The van der Waals surface area contributed by atoms with E-state index in [1.54, 1.807) is 13.2 Å². The number of carbonyl (C=O) groups excluding carboxylic acids is 1. The van der Waals surface area contributed by atoms with Crippen LogP contribution in [-0.2, 0) is 12.6 Å². The number of rotatable bonds is 5. The van der Waals surface area contributed by atoms with E-state index in [4.69, 9.17) is 4.74 Å². The van der Waals surface area contributed by atoms with Crippen molar-refractivity contribution in [1.82, 2.24) is 0 Å². The van der Waals surface area contributed by atoms with Gasteiger partial charge in [-0.25, -0.2) is 0 Å². The van der Waals surface area contributed by atoms with Crippen LogP contribution in [0.4, 0.5) is 18.9 Å². The molecule has 2 N–H and O–H groups in total. The SMILES string of the molecule is COc1ccc(Cc2ccc(O)c(C(=O)Nc3cccc(C(F)(F)F)c3)c2)cc1. The van der Waals surface area contributed by atoms with Crippen LogP contribution in [0, 0.1) is 0 Å². The quantitative estimate of drug-likeness (QED) is 0.613. The van der Waals surface area contributed by atoms with Gasteiger partial charge in [0.1, 0.15) is 11.5 Å². The first-order valence-electron chi connectivity index (χ1n) is 8.69. The average molecular weight is 401 g/mol. The lowest BCUT2D eigenvalue weighted by atomic mass is 10.0. The van der Waals surface area contributed by atoms with Gasteiger partial charge in [-0.2, -0.15) is 13.2 Å². The molecule has 0 radical (unpaired) electrons. The molecule has 0 aliphatic heterocycles. The molecule has 0 unspecified atom stereocenters. The molecule has 0 atom stereocenters. The maximum Gasteiger partial charge on any atom is 0.416 e. The van der Waals surface area contributed by atoms with E-state index >= 15 is 0 Å². The number of hydrogen-bond donors (Lipinski definition) is 2. The summed E-state index contributed by atoms with van der Waals surface area (Å²) in [5.74, 6) is -0.230. The third kappa shape index (κ3) is 5.07. The molecular weight excluding hydrogens is 383 g/mol. The Balaban J connectivity index is 1.79. The van der Waals surface area contributed by atoms with Crippen LogP contribution in [-0.4, -0.2) is 18.1 Å². The fourth-order valence-electron chi connectivity index (χ4n) is 2.83. The Morgan fingerprint density at radius 1 is 1.00 bits per heavy atom. The lowest BCUT2D eigenvalue weighted by Gasteiger charge is -2.11. The molecule has 4 nitrogen and oxygen atoms in total. The number of anilines is 1. The summed E-state index contributed by atoms with van der Waals surface area (Å²) in [6.07, 6.45) is -4.00. The van der Waals surface area contributed by atoms with Crippen LogP contribution in [0.2, 0.25) is 0 Å². The number of ether oxygens (including phenoxy) is 1. The lowest BCUT2D eigenvalue weighted by molar-refractivity contribution is -0.137. The van der Waals surface area contributed by atoms with Gasteiger partial charge in [-0.05, 0) is 60.0 Å². The lowest BCUT2D eigenvalue weighted by Crippen LogP contribution is -2.13. The van der Waals surface area contributed by atoms with Crippen LogP contribution in [0.3, 0.4) is 0 Å². The third-order valence-corrected chi connectivity index (χ3v) is 4.32. The number of halogens is 3. The smallest absolute Gasteiger partial charge is 0.416 e. The molecule has 0 spiro atoms. The Morgan fingerprint density at radius 2 is 1.69 bits per heavy atom. The van der Waals surface area contributed by atoms with E-state index in [1.807, 2.05) is 24.3 Å². The topological polar surface area (TPSA) is 58.6 Å². The molecule has 0 bridgehead atoms.